The summed E-state index contributed by atoms with van der Waals surface area (Å²) in [6.45, 7) is 0.0575. The normalized spacial score (nSPS) is 11.4. The van der Waals surface area contributed by atoms with Gasteiger partial charge < -0.3 is 16.0 Å². The molecule has 0 aliphatic rings. The average molecular weight is 332 g/mol. The van der Waals surface area contributed by atoms with E-state index in [1.165, 1.54) is 7.05 Å². The molecular weight excluding hydrogens is 314 g/mol. The van der Waals surface area contributed by atoms with Crippen molar-refractivity contribution < 1.29 is 9.59 Å². The van der Waals surface area contributed by atoms with Gasteiger partial charge in [0.1, 0.15) is 6.04 Å². The summed E-state index contributed by atoms with van der Waals surface area (Å²) in [5.41, 5.74) is 1.51. The van der Waals surface area contributed by atoms with E-state index in [-0.39, 0.29) is 18.4 Å². The lowest BCUT2D eigenvalue weighted by Crippen LogP contribution is -2.41. The maximum absolute atomic E-state index is 12.1. The van der Waals surface area contributed by atoms with Gasteiger partial charge in [-0.15, -0.1) is 0 Å². The topological polar surface area (TPSA) is 70.2 Å². The summed E-state index contributed by atoms with van der Waals surface area (Å²) in [4.78, 5) is 24.1. The Hall–Kier alpha value is -2.53. The van der Waals surface area contributed by atoms with Gasteiger partial charge in [0.15, 0.2) is 0 Å². The Bertz CT molecular complexity index is 659. The number of benzene rings is 2. The third-order valence-electron chi connectivity index (χ3n) is 3.24. The summed E-state index contributed by atoms with van der Waals surface area (Å²) >= 11 is 5.81. The molecule has 0 aliphatic heterocycles. The lowest BCUT2D eigenvalue weighted by molar-refractivity contribution is -0.128. The van der Waals surface area contributed by atoms with Crippen molar-refractivity contribution in [1.29, 1.82) is 0 Å². The minimum Gasteiger partial charge on any atom is -0.376 e. The van der Waals surface area contributed by atoms with Crippen LogP contribution in [-0.4, -0.2) is 25.4 Å². The van der Waals surface area contributed by atoms with E-state index in [0.717, 1.165) is 11.3 Å². The molecule has 23 heavy (non-hydrogen) atoms. The molecular formula is C17H18ClN3O2. The van der Waals surface area contributed by atoms with E-state index in [4.69, 9.17) is 11.6 Å². The molecule has 0 aromatic heterocycles. The summed E-state index contributed by atoms with van der Waals surface area (Å²) in [5.74, 6) is -0.548. The number of hydrogen-bond donors (Lipinski definition) is 3. The van der Waals surface area contributed by atoms with Crippen LogP contribution in [0.4, 0.5) is 5.69 Å². The zero-order chi connectivity index (χ0) is 16.7. The van der Waals surface area contributed by atoms with Crippen molar-refractivity contribution in [3.05, 3.63) is 65.2 Å². The van der Waals surface area contributed by atoms with Crippen LogP contribution in [0.1, 0.15) is 11.6 Å². The van der Waals surface area contributed by atoms with Crippen molar-refractivity contribution in [2.45, 2.75) is 6.04 Å². The molecule has 0 radical (unpaired) electrons. The van der Waals surface area contributed by atoms with Crippen molar-refractivity contribution in [3.63, 3.8) is 0 Å². The molecule has 0 aliphatic carbocycles. The predicted octanol–water partition coefficient (Wildman–Crippen LogP) is 2.36. The fourth-order valence-corrected chi connectivity index (χ4v) is 2.18. The SMILES string of the molecule is CNC(=O)[C@@H](NC(=O)CNc1ccc(Cl)cc1)c1ccccc1. The van der Waals surface area contributed by atoms with Gasteiger partial charge in [-0.1, -0.05) is 41.9 Å². The minimum atomic E-state index is -0.722. The molecule has 0 saturated carbocycles. The van der Waals surface area contributed by atoms with Gasteiger partial charge in [-0.05, 0) is 29.8 Å². The van der Waals surface area contributed by atoms with E-state index in [2.05, 4.69) is 16.0 Å². The van der Waals surface area contributed by atoms with E-state index in [0.29, 0.717) is 5.02 Å². The Balaban J connectivity index is 1.97. The molecule has 2 amide bonds. The van der Waals surface area contributed by atoms with Crippen LogP contribution in [0.15, 0.2) is 54.6 Å². The monoisotopic (exact) mass is 331 g/mol. The van der Waals surface area contributed by atoms with Crippen molar-refractivity contribution >= 4 is 29.1 Å². The third-order valence-corrected chi connectivity index (χ3v) is 3.50. The molecule has 0 saturated heterocycles. The number of carbonyl (C=O) groups is 2. The van der Waals surface area contributed by atoms with Crippen LogP contribution in [-0.2, 0) is 9.59 Å². The zero-order valence-corrected chi connectivity index (χ0v) is 13.4. The highest BCUT2D eigenvalue weighted by molar-refractivity contribution is 6.30. The van der Waals surface area contributed by atoms with Gasteiger partial charge in [0, 0.05) is 17.8 Å². The van der Waals surface area contributed by atoms with E-state index in [1.807, 2.05) is 18.2 Å². The highest BCUT2D eigenvalue weighted by atomic mass is 35.5. The summed E-state index contributed by atoms with van der Waals surface area (Å²) in [6, 6.07) is 15.4. The van der Waals surface area contributed by atoms with Crippen LogP contribution in [0.5, 0.6) is 0 Å². The van der Waals surface area contributed by atoms with Crippen LogP contribution in [0.3, 0.4) is 0 Å². The molecule has 0 fully saturated rings. The van der Waals surface area contributed by atoms with Crippen LogP contribution < -0.4 is 16.0 Å². The molecule has 2 aromatic rings. The summed E-state index contributed by atoms with van der Waals surface area (Å²) in [5, 5.41) is 8.90. The highest BCUT2D eigenvalue weighted by Crippen LogP contribution is 2.14. The Morgan fingerprint density at radius 3 is 2.30 bits per heavy atom. The standard InChI is InChI=1S/C17H18ClN3O2/c1-19-17(23)16(12-5-3-2-4-6-12)21-15(22)11-20-14-9-7-13(18)8-10-14/h2-10,16,20H,11H2,1H3,(H,19,23)(H,21,22)/t16-/m0/s1. The molecule has 2 aromatic carbocycles. The second-order valence-corrected chi connectivity index (χ2v) is 5.32. The first-order chi connectivity index (χ1) is 11.1. The number of amides is 2. The highest BCUT2D eigenvalue weighted by Gasteiger charge is 2.21. The van der Waals surface area contributed by atoms with Gasteiger partial charge in [-0.2, -0.15) is 0 Å². The van der Waals surface area contributed by atoms with E-state index in [1.54, 1.807) is 36.4 Å². The number of rotatable bonds is 6. The third kappa shape index (κ3) is 5.00. The molecule has 1 atom stereocenters. The predicted molar refractivity (Wildman–Crippen MR) is 91.3 cm³/mol. The fourth-order valence-electron chi connectivity index (χ4n) is 2.05. The molecule has 3 N–H and O–H groups in total. The van der Waals surface area contributed by atoms with E-state index < -0.39 is 6.04 Å². The molecule has 5 nitrogen and oxygen atoms in total. The first-order valence-corrected chi connectivity index (χ1v) is 7.53. The Labute approximate surface area is 140 Å². The Morgan fingerprint density at radius 1 is 1.04 bits per heavy atom. The summed E-state index contributed by atoms with van der Waals surface area (Å²) < 4.78 is 0. The van der Waals surface area contributed by atoms with Crippen LogP contribution in [0, 0.1) is 0 Å². The quantitative estimate of drug-likeness (QED) is 0.761. The van der Waals surface area contributed by atoms with E-state index >= 15 is 0 Å². The lowest BCUT2D eigenvalue weighted by Gasteiger charge is -2.18. The van der Waals surface area contributed by atoms with Crippen LogP contribution in [0.2, 0.25) is 5.02 Å². The van der Waals surface area contributed by atoms with E-state index in [9.17, 15) is 9.59 Å². The largest absolute Gasteiger partial charge is 0.376 e. The van der Waals surface area contributed by atoms with Gasteiger partial charge in [-0.25, -0.2) is 0 Å². The molecule has 0 bridgehead atoms. The van der Waals surface area contributed by atoms with Gasteiger partial charge in [-0.3, -0.25) is 9.59 Å². The molecule has 0 spiro atoms. The van der Waals surface area contributed by atoms with Gasteiger partial charge in [0.25, 0.3) is 0 Å². The zero-order valence-electron chi connectivity index (χ0n) is 12.7. The maximum Gasteiger partial charge on any atom is 0.246 e. The van der Waals surface area contributed by atoms with Crippen molar-refractivity contribution in [3.8, 4) is 0 Å². The number of carbonyl (C=O) groups excluding carboxylic acids is 2. The molecule has 120 valence electrons. The second kappa shape index (κ2) is 8.19. The fraction of sp³-hybridized carbons (Fsp3) is 0.176. The first-order valence-electron chi connectivity index (χ1n) is 7.15. The minimum absolute atomic E-state index is 0.0575. The Kier molecular flexibility index (Phi) is 6.00. The first kappa shape index (κ1) is 16.8. The maximum atomic E-state index is 12.1. The number of anilines is 1. The van der Waals surface area contributed by atoms with Gasteiger partial charge >= 0.3 is 0 Å². The number of likely N-dealkylation sites (N-methyl/N-ethyl adjacent to an activating group) is 1. The summed E-state index contributed by atoms with van der Waals surface area (Å²) in [6.07, 6.45) is 0. The number of halogens is 1. The van der Waals surface area contributed by atoms with Gasteiger partial charge in [0.2, 0.25) is 11.8 Å². The smallest absolute Gasteiger partial charge is 0.246 e. The molecule has 0 unspecified atom stereocenters. The van der Waals surface area contributed by atoms with Gasteiger partial charge in [0.05, 0.1) is 6.54 Å². The van der Waals surface area contributed by atoms with Crippen LogP contribution >= 0.6 is 11.6 Å². The van der Waals surface area contributed by atoms with Crippen molar-refractivity contribution in [1.82, 2.24) is 10.6 Å². The second-order valence-electron chi connectivity index (χ2n) is 4.89. The molecule has 0 heterocycles. The lowest BCUT2D eigenvalue weighted by atomic mass is 10.1. The number of nitrogens with one attached hydrogen (secondary N) is 3. The molecule has 2 rings (SSSR count). The van der Waals surface area contributed by atoms with Crippen LogP contribution in [0.25, 0.3) is 0 Å². The summed E-state index contributed by atoms with van der Waals surface area (Å²) in [7, 11) is 1.54. The van der Waals surface area contributed by atoms with Crippen molar-refractivity contribution in [2.75, 3.05) is 18.9 Å². The number of hydrogen-bond acceptors (Lipinski definition) is 3. The average Bonchev–Trinajstić information content (AvgIpc) is 2.59. The Morgan fingerprint density at radius 2 is 1.70 bits per heavy atom. The molecule has 6 heteroatoms. The van der Waals surface area contributed by atoms with Crippen molar-refractivity contribution in [2.24, 2.45) is 0 Å².